The molecular weight excluding hydrogens is 464 g/mol. The van der Waals surface area contributed by atoms with Gasteiger partial charge in [0, 0.05) is 30.5 Å². The maximum absolute atomic E-state index is 12.8. The van der Waals surface area contributed by atoms with Gasteiger partial charge in [0.15, 0.2) is 0 Å². The zero-order chi connectivity index (χ0) is 23.6. The number of nitrogens with one attached hydrogen (secondary N) is 2. The van der Waals surface area contributed by atoms with E-state index in [0.29, 0.717) is 29.9 Å². The molecule has 0 unspecified atom stereocenters. The summed E-state index contributed by atoms with van der Waals surface area (Å²) >= 11 is 0. The molecule has 0 radical (unpaired) electrons. The van der Waals surface area contributed by atoms with Crippen molar-refractivity contribution in [1.29, 1.82) is 0 Å². The normalized spacial score (nSPS) is 14.3. The topological polar surface area (TPSA) is 126 Å². The maximum atomic E-state index is 12.8. The van der Waals surface area contributed by atoms with E-state index in [4.69, 9.17) is 0 Å². The van der Waals surface area contributed by atoms with Crippen molar-refractivity contribution in [1.82, 2.24) is 4.98 Å². The van der Waals surface area contributed by atoms with Gasteiger partial charge < -0.3 is 4.90 Å². The first kappa shape index (κ1) is 22.7. The lowest BCUT2D eigenvalue weighted by atomic mass is 10.2. The number of amides is 1. The molecule has 11 heteroatoms. The van der Waals surface area contributed by atoms with Crippen molar-refractivity contribution >= 4 is 43.0 Å². The molecule has 1 amide bonds. The summed E-state index contributed by atoms with van der Waals surface area (Å²) in [7, 11) is -7.76. The second kappa shape index (κ2) is 8.83. The number of anilines is 3. The van der Waals surface area contributed by atoms with Crippen molar-refractivity contribution in [3.8, 4) is 0 Å². The number of benzene rings is 2. The molecule has 0 aliphatic carbocycles. The maximum Gasteiger partial charge on any atom is 0.261 e. The summed E-state index contributed by atoms with van der Waals surface area (Å²) in [5.41, 5.74) is 1.91. The molecule has 1 aromatic heterocycles. The smallest absolute Gasteiger partial charge is 0.261 e. The Morgan fingerprint density at radius 1 is 0.879 bits per heavy atom. The molecular formula is C22H22N4O5S2. The summed E-state index contributed by atoms with van der Waals surface area (Å²) < 4.78 is 55.6. The van der Waals surface area contributed by atoms with Crippen LogP contribution >= 0.6 is 0 Å². The molecule has 9 nitrogen and oxygen atoms in total. The van der Waals surface area contributed by atoms with Crippen molar-refractivity contribution in [3.63, 3.8) is 0 Å². The molecule has 1 fully saturated rings. The fourth-order valence-corrected chi connectivity index (χ4v) is 5.74. The fourth-order valence-electron chi connectivity index (χ4n) is 3.55. The molecule has 2 aromatic carbocycles. The van der Waals surface area contributed by atoms with Gasteiger partial charge in [-0.3, -0.25) is 19.2 Å². The lowest BCUT2D eigenvalue weighted by Gasteiger charge is -2.19. The lowest BCUT2D eigenvalue weighted by Crippen LogP contribution is -2.24. The number of aromatic nitrogens is 1. The lowest BCUT2D eigenvalue weighted by molar-refractivity contribution is -0.117. The monoisotopic (exact) mass is 486 g/mol. The van der Waals surface area contributed by atoms with Gasteiger partial charge in [-0.1, -0.05) is 0 Å². The highest BCUT2D eigenvalue weighted by Crippen LogP contribution is 2.28. The molecule has 2 N–H and O–H groups in total. The number of carbonyl (C=O) groups is 1. The predicted molar refractivity (Wildman–Crippen MR) is 125 cm³/mol. The van der Waals surface area contributed by atoms with Crippen LogP contribution in [0.4, 0.5) is 17.1 Å². The van der Waals surface area contributed by atoms with Crippen molar-refractivity contribution < 1.29 is 21.6 Å². The van der Waals surface area contributed by atoms with E-state index >= 15 is 0 Å². The number of rotatable bonds is 7. The second-order valence-corrected chi connectivity index (χ2v) is 10.9. The van der Waals surface area contributed by atoms with Crippen molar-refractivity contribution in [2.75, 3.05) is 20.9 Å². The van der Waals surface area contributed by atoms with Crippen LogP contribution in [0.1, 0.15) is 18.4 Å². The Labute approximate surface area is 192 Å². The van der Waals surface area contributed by atoms with Gasteiger partial charge in [0.1, 0.15) is 0 Å². The van der Waals surface area contributed by atoms with Gasteiger partial charge in [-0.05, 0) is 73.5 Å². The Bertz CT molecular complexity index is 1390. The van der Waals surface area contributed by atoms with Crippen LogP contribution in [-0.4, -0.2) is 34.3 Å². The van der Waals surface area contributed by atoms with Gasteiger partial charge in [0.25, 0.3) is 20.0 Å². The first-order valence-electron chi connectivity index (χ1n) is 10.1. The second-order valence-electron chi connectivity index (χ2n) is 7.57. The Hall–Kier alpha value is -3.44. The minimum atomic E-state index is -3.91. The van der Waals surface area contributed by atoms with Crippen LogP contribution in [0.5, 0.6) is 0 Å². The largest absolute Gasteiger partial charge is 0.312 e. The van der Waals surface area contributed by atoms with E-state index in [2.05, 4.69) is 14.4 Å². The zero-order valence-electron chi connectivity index (χ0n) is 17.7. The fraction of sp³-hybridized carbons (Fsp3) is 0.182. The molecule has 1 saturated heterocycles. The first-order chi connectivity index (χ1) is 15.7. The van der Waals surface area contributed by atoms with Crippen LogP contribution in [0.25, 0.3) is 0 Å². The number of pyridine rings is 1. The quantitative estimate of drug-likeness (QED) is 0.529. The Balaban J connectivity index is 1.50. The van der Waals surface area contributed by atoms with Gasteiger partial charge in [0.2, 0.25) is 5.91 Å². The van der Waals surface area contributed by atoms with Gasteiger partial charge in [-0.25, -0.2) is 16.8 Å². The summed E-state index contributed by atoms with van der Waals surface area (Å²) in [6.45, 7) is 2.38. The third-order valence-electron chi connectivity index (χ3n) is 5.17. The van der Waals surface area contributed by atoms with Crippen LogP contribution in [0.2, 0.25) is 0 Å². The standard InChI is InChI=1S/C22H22N4O5S2/c1-16-14-20(10-11-21(16)26-13-3-5-22(26)27)33(30,31)24-17-6-8-19(9-7-17)32(28,29)25-18-4-2-12-23-15-18/h2,4,6-12,14-15,24-25H,3,5,13H2,1H3. The molecule has 1 aliphatic rings. The SMILES string of the molecule is Cc1cc(S(=O)(=O)Nc2ccc(S(=O)(=O)Nc3cccnc3)cc2)ccc1N1CCCC1=O. The third kappa shape index (κ3) is 4.99. The molecule has 2 heterocycles. The molecule has 1 aliphatic heterocycles. The number of aryl methyl sites for hydroxylation is 1. The highest BCUT2D eigenvalue weighted by Gasteiger charge is 2.24. The molecule has 0 spiro atoms. The number of hydrogen-bond donors (Lipinski definition) is 2. The van der Waals surface area contributed by atoms with Gasteiger partial charge in [0.05, 0.1) is 21.7 Å². The van der Waals surface area contributed by atoms with Gasteiger partial charge >= 0.3 is 0 Å². The first-order valence-corrected chi connectivity index (χ1v) is 13.1. The summed E-state index contributed by atoms with van der Waals surface area (Å²) in [6, 6.07) is 13.1. The van der Waals surface area contributed by atoms with E-state index in [1.54, 1.807) is 30.0 Å². The minimum absolute atomic E-state index is 0.0234. The Morgan fingerprint density at radius 2 is 1.55 bits per heavy atom. The zero-order valence-corrected chi connectivity index (χ0v) is 19.4. The molecule has 4 rings (SSSR count). The van der Waals surface area contributed by atoms with Crippen molar-refractivity contribution in [2.24, 2.45) is 0 Å². The van der Waals surface area contributed by atoms with Crippen LogP contribution in [0, 0.1) is 6.92 Å². The van der Waals surface area contributed by atoms with Crippen molar-refractivity contribution in [2.45, 2.75) is 29.6 Å². The molecule has 0 saturated carbocycles. The van der Waals surface area contributed by atoms with Gasteiger partial charge in [-0.15, -0.1) is 0 Å². The number of nitrogens with zero attached hydrogens (tertiary/aromatic N) is 2. The Morgan fingerprint density at radius 3 is 2.15 bits per heavy atom. The number of carbonyl (C=O) groups excluding carboxylic acids is 1. The van der Waals surface area contributed by atoms with E-state index in [1.807, 2.05) is 0 Å². The molecule has 33 heavy (non-hydrogen) atoms. The highest BCUT2D eigenvalue weighted by molar-refractivity contribution is 7.93. The van der Waals surface area contributed by atoms with E-state index in [1.165, 1.54) is 48.8 Å². The van der Waals surface area contributed by atoms with E-state index < -0.39 is 20.0 Å². The average molecular weight is 487 g/mol. The van der Waals surface area contributed by atoms with E-state index in [9.17, 15) is 21.6 Å². The van der Waals surface area contributed by atoms with Gasteiger partial charge in [-0.2, -0.15) is 0 Å². The van der Waals surface area contributed by atoms with Crippen LogP contribution < -0.4 is 14.3 Å². The molecule has 0 atom stereocenters. The predicted octanol–water partition coefficient (Wildman–Crippen LogP) is 3.12. The third-order valence-corrected chi connectivity index (χ3v) is 7.95. The number of hydrogen-bond acceptors (Lipinski definition) is 6. The van der Waals surface area contributed by atoms with E-state index in [0.717, 1.165) is 6.42 Å². The van der Waals surface area contributed by atoms with Crippen LogP contribution in [0.3, 0.4) is 0 Å². The van der Waals surface area contributed by atoms with E-state index in [-0.39, 0.29) is 21.4 Å². The Kier molecular flexibility index (Phi) is 6.09. The summed E-state index contributed by atoms with van der Waals surface area (Å²) in [6.07, 6.45) is 4.18. The number of sulfonamides is 2. The van der Waals surface area contributed by atoms with Crippen LogP contribution in [0.15, 0.2) is 76.8 Å². The average Bonchev–Trinajstić information content (AvgIpc) is 3.20. The van der Waals surface area contributed by atoms with Crippen molar-refractivity contribution in [3.05, 3.63) is 72.6 Å². The molecule has 3 aromatic rings. The molecule has 172 valence electrons. The molecule has 0 bridgehead atoms. The summed E-state index contributed by atoms with van der Waals surface area (Å²) in [5, 5.41) is 0. The summed E-state index contributed by atoms with van der Waals surface area (Å²) in [4.78, 5) is 17.5. The minimum Gasteiger partial charge on any atom is -0.312 e. The summed E-state index contributed by atoms with van der Waals surface area (Å²) in [5.74, 6) is 0.0277. The van der Waals surface area contributed by atoms with Crippen LogP contribution in [-0.2, 0) is 24.8 Å². The highest BCUT2D eigenvalue weighted by atomic mass is 32.2.